The first-order valence-corrected chi connectivity index (χ1v) is 11.3. The van der Waals surface area contributed by atoms with Crippen molar-refractivity contribution in [1.82, 2.24) is 25.1 Å². The van der Waals surface area contributed by atoms with Gasteiger partial charge in [-0.3, -0.25) is 9.48 Å². The highest BCUT2D eigenvalue weighted by molar-refractivity contribution is 6.31. The number of alkyl halides is 1. The van der Waals surface area contributed by atoms with Crippen molar-refractivity contribution >= 4 is 29.1 Å². The predicted molar refractivity (Wildman–Crippen MR) is 122 cm³/mol. The van der Waals surface area contributed by atoms with Crippen LogP contribution in [0.1, 0.15) is 52.1 Å². The first kappa shape index (κ1) is 24.7. The molecule has 1 saturated carbocycles. The average Bonchev–Trinajstić information content (AvgIpc) is 3.16. The molecule has 1 atom stereocenters. The number of hydrogen-bond acceptors (Lipinski definition) is 7. The monoisotopic (exact) mass is 477 g/mol. The third-order valence-corrected chi connectivity index (χ3v) is 5.97. The second-order valence-corrected chi connectivity index (χ2v) is 9.28. The van der Waals surface area contributed by atoms with Gasteiger partial charge in [0.05, 0.1) is 36.5 Å². The van der Waals surface area contributed by atoms with Crippen LogP contribution >= 0.6 is 11.6 Å². The van der Waals surface area contributed by atoms with E-state index in [1.165, 1.54) is 13.1 Å². The number of amides is 1. The number of carbonyl (C=O) groups excluding carboxylic acids is 1. The Morgan fingerprint density at radius 3 is 2.76 bits per heavy atom. The van der Waals surface area contributed by atoms with Gasteiger partial charge in [-0.1, -0.05) is 11.6 Å². The Labute approximate surface area is 197 Å². The lowest BCUT2D eigenvalue weighted by molar-refractivity contribution is -0.126. The zero-order valence-corrected chi connectivity index (χ0v) is 20.0. The molecule has 0 aliphatic heterocycles. The van der Waals surface area contributed by atoms with Crippen LogP contribution in [0.2, 0.25) is 5.02 Å². The van der Waals surface area contributed by atoms with Gasteiger partial charge in [-0.25, -0.2) is 9.37 Å². The van der Waals surface area contributed by atoms with Crippen molar-refractivity contribution in [3.63, 3.8) is 0 Å². The predicted octanol–water partition coefficient (Wildman–Crippen LogP) is 4.05. The average molecular weight is 478 g/mol. The number of carbonyl (C=O) groups is 1. The molecular weight excluding hydrogens is 449 g/mol. The van der Waals surface area contributed by atoms with Crippen molar-refractivity contribution < 1.29 is 13.9 Å². The minimum absolute atomic E-state index is 0.000516. The number of aromatic nitrogens is 4. The van der Waals surface area contributed by atoms with Crippen LogP contribution in [0, 0.1) is 24.2 Å². The molecule has 2 aromatic heterocycles. The van der Waals surface area contributed by atoms with Gasteiger partial charge in [-0.15, -0.1) is 0 Å². The Kier molecular flexibility index (Phi) is 7.74. The minimum Gasteiger partial charge on any atom is -0.476 e. The molecule has 3 rings (SSSR count). The number of halogens is 2. The van der Waals surface area contributed by atoms with Crippen LogP contribution in [0.5, 0.6) is 5.88 Å². The smallest absolute Gasteiger partial charge is 0.254 e. The van der Waals surface area contributed by atoms with Gasteiger partial charge < -0.3 is 15.4 Å². The number of nitrogens with one attached hydrogen (secondary N) is 2. The number of nitrogens with zero attached hydrogens (tertiary/aromatic N) is 5. The third-order valence-electron chi connectivity index (χ3n) is 5.71. The molecule has 33 heavy (non-hydrogen) atoms. The Balaban J connectivity index is 1.57. The second-order valence-electron chi connectivity index (χ2n) is 8.87. The molecule has 0 spiro atoms. The summed E-state index contributed by atoms with van der Waals surface area (Å²) in [7, 11) is 0. The molecule has 1 fully saturated rings. The summed E-state index contributed by atoms with van der Waals surface area (Å²) in [5.41, 5.74) is 0.589. The fourth-order valence-corrected chi connectivity index (χ4v) is 3.69. The lowest BCUT2D eigenvalue weighted by Gasteiger charge is -2.29. The van der Waals surface area contributed by atoms with Crippen LogP contribution in [0.15, 0.2) is 12.4 Å². The van der Waals surface area contributed by atoms with Crippen LogP contribution in [-0.4, -0.2) is 44.5 Å². The summed E-state index contributed by atoms with van der Waals surface area (Å²) in [5.74, 6) is 0.313. The molecule has 1 aliphatic carbocycles. The van der Waals surface area contributed by atoms with E-state index in [-0.39, 0.29) is 17.8 Å². The normalized spacial score (nSPS) is 19.4. The van der Waals surface area contributed by atoms with Gasteiger partial charge in [-0.05, 0) is 59.3 Å². The summed E-state index contributed by atoms with van der Waals surface area (Å²) in [5, 5.41) is 19.9. The van der Waals surface area contributed by atoms with E-state index in [1.807, 2.05) is 6.92 Å². The van der Waals surface area contributed by atoms with E-state index in [0.29, 0.717) is 29.0 Å². The molecule has 1 amide bonds. The van der Waals surface area contributed by atoms with Gasteiger partial charge in [-0.2, -0.15) is 15.3 Å². The Bertz CT molecular complexity index is 1030. The van der Waals surface area contributed by atoms with E-state index >= 15 is 0 Å². The van der Waals surface area contributed by atoms with Gasteiger partial charge in [0.2, 0.25) is 11.8 Å². The standard InChI is InChI=1S/C22H29ClFN7O2/c1-13(24)19(32)27-16-7-5-15(6-8-16)11-33-20-17(23)9-26-21(29-20)28-18-10-31(30-14(18)2)22(3,4)12-25/h9-10,13,15-16H,5-8,11H2,1-4H3,(H,27,32)(H,26,28,29). The Morgan fingerprint density at radius 2 is 2.12 bits per heavy atom. The Hall–Kier alpha value is -2.93. The van der Waals surface area contributed by atoms with Gasteiger partial charge in [0.15, 0.2) is 6.17 Å². The summed E-state index contributed by atoms with van der Waals surface area (Å²) < 4.78 is 20.5. The summed E-state index contributed by atoms with van der Waals surface area (Å²) in [6.07, 6.45) is 4.97. The molecular formula is C22H29ClFN7O2. The molecule has 2 aromatic rings. The van der Waals surface area contributed by atoms with Crippen molar-refractivity contribution in [3.05, 3.63) is 23.1 Å². The quantitative estimate of drug-likeness (QED) is 0.588. The van der Waals surface area contributed by atoms with Crippen LogP contribution in [-0.2, 0) is 10.3 Å². The van der Waals surface area contributed by atoms with Crippen LogP contribution in [0.25, 0.3) is 0 Å². The van der Waals surface area contributed by atoms with E-state index in [9.17, 15) is 14.4 Å². The van der Waals surface area contributed by atoms with Crippen molar-refractivity contribution in [2.24, 2.45) is 5.92 Å². The largest absolute Gasteiger partial charge is 0.476 e. The van der Waals surface area contributed by atoms with Crippen LogP contribution in [0.4, 0.5) is 16.0 Å². The second kappa shape index (κ2) is 10.3. The highest BCUT2D eigenvalue weighted by Crippen LogP contribution is 2.29. The topological polar surface area (TPSA) is 118 Å². The summed E-state index contributed by atoms with van der Waals surface area (Å²) >= 11 is 6.23. The van der Waals surface area contributed by atoms with Gasteiger partial charge in [0.1, 0.15) is 10.6 Å². The fourth-order valence-electron chi connectivity index (χ4n) is 3.54. The molecule has 1 unspecified atom stereocenters. The minimum atomic E-state index is -1.50. The summed E-state index contributed by atoms with van der Waals surface area (Å²) in [6, 6.07) is 2.21. The number of rotatable bonds is 8. The van der Waals surface area contributed by atoms with E-state index in [2.05, 4.69) is 31.8 Å². The van der Waals surface area contributed by atoms with Crippen molar-refractivity contribution in [2.75, 3.05) is 11.9 Å². The number of nitriles is 1. The lowest BCUT2D eigenvalue weighted by Crippen LogP contribution is -2.41. The highest BCUT2D eigenvalue weighted by Gasteiger charge is 2.25. The van der Waals surface area contributed by atoms with Crippen molar-refractivity contribution in [2.45, 2.75) is 71.1 Å². The SMILES string of the molecule is Cc1nn(C(C)(C)C#N)cc1Nc1ncc(Cl)c(OCC2CCC(NC(=O)C(C)F)CC2)n1. The van der Waals surface area contributed by atoms with E-state index in [4.69, 9.17) is 16.3 Å². The fraction of sp³-hybridized carbons (Fsp3) is 0.591. The summed E-state index contributed by atoms with van der Waals surface area (Å²) in [6.45, 7) is 7.05. The first-order valence-electron chi connectivity index (χ1n) is 10.9. The summed E-state index contributed by atoms with van der Waals surface area (Å²) in [4.78, 5) is 20.1. The zero-order valence-electron chi connectivity index (χ0n) is 19.2. The molecule has 1 aliphatic rings. The highest BCUT2D eigenvalue weighted by atomic mass is 35.5. The Morgan fingerprint density at radius 1 is 1.42 bits per heavy atom. The third kappa shape index (κ3) is 6.32. The number of hydrogen-bond donors (Lipinski definition) is 2. The first-order chi connectivity index (χ1) is 15.6. The zero-order chi connectivity index (χ0) is 24.2. The van der Waals surface area contributed by atoms with E-state index < -0.39 is 17.6 Å². The molecule has 9 nitrogen and oxygen atoms in total. The van der Waals surface area contributed by atoms with Gasteiger partial charge in [0, 0.05) is 6.04 Å². The van der Waals surface area contributed by atoms with Crippen LogP contribution in [0.3, 0.4) is 0 Å². The molecule has 0 radical (unpaired) electrons. The maximum absolute atomic E-state index is 13.1. The maximum Gasteiger partial charge on any atom is 0.254 e. The molecule has 178 valence electrons. The molecule has 11 heteroatoms. The molecule has 2 heterocycles. The molecule has 0 bridgehead atoms. The van der Waals surface area contributed by atoms with Crippen molar-refractivity contribution in [1.29, 1.82) is 5.26 Å². The van der Waals surface area contributed by atoms with E-state index in [1.54, 1.807) is 24.7 Å². The van der Waals surface area contributed by atoms with Crippen molar-refractivity contribution in [3.8, 4) is 11.9 Å². The number of anilines is 2. The number of aryl methyl sites for hydroxylation is 1. The van der Waals surface area contributed by atoms with Gasteiger partial charge in [0.25, 0.3) is 5.91 Å². The number of ether oxygens (including phenoxy) is 1. The van der Waals surface area contributed by atoms with E-state index in [0.717, 1.165) is 25.7 Å². The van der Waals surface area contributed by atoms with Gasteiger partial charge >= 0.3 is 0 Å². The lowest BCUT2D eigenvalue weighted by atomic mass is 9.86. The molecule has 0 saturated heterocycles. The van der Waals surface area contributed by atoms with Crippen LogP contribution < -0.4 is 15.4 Å². The maximum atomic E-state index is 13.1. The molecule has 0 aromatic carbocycles. The molecule has 2 N–H and O–H groups in total.